The Morgan fingerprint density at radius 3 is 2.19 bits per heavy atom. The molecule has 2 amide bonds. The summed E-state index contributed by atoms with van der Waals surface area (Å²) in [6.45, 7) is 2.30. The SMILES string of the molecule is COC(=O)N1CCCN(C(=O)Cc2ccc(Oc3ccccc3)cc2)CC1. The van der Waals surface area contributed by atoms with Crippen LogP contribution in [0.25, 0.3) is 0 Å². The van der Waals surface area contributed by atoms with Gasteiger partial charge in [-0.2, -0.15) is 0 Å². The smallest absolute Gasteiger partial charge is 0.409 e. The Labute approximate surface area is 159 Å². The van der Waals surface area contributed by atoms with Gasteiger partial charge in [-0.1, -0.05) is 30.3 Å². The number of hydrogen-bond donors (Lipinski definition) is 0. The summed E-state index contributed by atoms with van der Waals surface area (Å²) in [5, 5.41) is 0. The molecule has 0 bridgehead atoms. The van der Waals surface area contributed by atoms with E-state index in [0.29, 0.717) is 32.6 Å². The second-order valence-electron chi connectivity index (χ2n) is 6.43. The molecule has 6 nitrogen and oxygen atoms in total. The predicted octanol–water partition coefficient (Wildman–Crippen LogP) is 3.32. The van der Waals surface area contributed by atoms with E-state index in [-0.39, 0.29) is 12.0 Å². The first-order valence-corrected chi connectivity index (χ1v) is 9.08. The van der Waals surface area contributed by atoms with Crippen LogP contribution in [0, 0.1) is 0 Å². The van der Waals surface area contributed by atoms with E-state index in [9.17, 15) is 9.59 Å². The summed E-state index contributed by atoms with van der Waals surface area (Å²) in [4.78, 5) is 27.7. The minimum Gasteiger partial charge on any atom is -0.457 e. The molecule has 0 atom stereocenters. The predicted molar refractivity (Wildman–Crippen MR) is 102 cm³/mol. The molecule has 27 heavy (non-hydrogen) atoms. The third-order valence-electron chi connectivity index (χ3n) is 4.54. The van der Waals surface area contributed by atoms with Crippen LogP contribution in [0.1, 0.15) is 12.0 Å². The van der Waals surface area contributed by atoms with Gasteiger partial charge in [-0.25, -0.2) is 4.79 Å². The second-order valence-corrected chi connectivity index (χ2v) is 6.43. The topological polar surface area (TPSA) is 59.1 Å². The van der Waals surface area contributed by atoms with Crippen LogP contribution in [-0.2, 0) is 16.0 Å². The number of methoxy groups -OCH3 is 1. The highest BCUT2D eigenvalue weighted by Gasteiger charge is 2.22. The van der Waals surface area contributed by atoms with Crippen LogP contribution in [0.15, 0.2) is 54.6 Å². The normalized spacial score (nSPS) is 14.4. The van der Waals surface area contributed by atoms with Crippen molar-refractivity contribution in [2.45, 2.75) is 12.8 Å². The Morgan fingerprint density at radius 1 is 0.852 bits per heavy atom. The minimum absolute atomic E-state index is 0.0680. The number of carbonyl (C=O) groups is 2. The quantitative estimate of drug-likeness (QED) is 0.831. The van der Waals surface area contributed by atoms with Gasteiger partial charge >= 0.3 is 6.09 Å². The second kappa shape index (κ2) is 9.07. The molecule has 1 saturated heterocycles. The van der Waals surface area contributed by atoms with Gasteiger partial charge in [0.15, 0.2) is 0 Å². The largest absolute Gasteiger partial charge is 0.457 e. The lowest BCUT2D eigenvalue weighted by molar-refractivity contribution is -0.130. The van der Waals surface area contributed by atoms with Crippen molar-refractivity contribution in [3.05, 3.63) is 60.2 Å². The number of hydrogen-bond acceptors (Lipinski definition) is 4. The van der Waals surface area contributed by atoms with Crippen LogP contribution in [-0.4, -0.2) is 55.1 Å². The molecule has 0 radical (unpaired) electrons. The van der Waals surface area contributed by atoms with Crippen molar-refractivity contribution in [2.75, 3.05) is 33.3 Å². The maximum atomic E-state index is 12.6. The number of nitrogens with zero attached hydrogens (tertiary/aromatic N) is 2. The van der Waals surface area contributed by atoms with Crippen molar-refractivity contribution in [3.63, 3.8) is 0 Å². The van der Waals surface area contributed by atoms with Crippen molar-refractivity contribution < 1.29 is 19.1 Å². The summed E-state index contributed by atoms with van der Waals surface area (Å²) in [6, 6.07) is 17.1. The van der Waals surface area contributed by atoms with Gasteiger partial charge in [0.25, 0.3) is 0 Å². The first-order chi connectivity index (χ1) is 13.2. The molecule has 1 aliphatic rings. The zero-order chi connectivity index (χ0) is 19.1. The zero-order valence-electron chi connectivity index (χ0n) is 15.5. The van der Waals surface area contributed by atoms with Gasteiger partial charge in [-0.15, -0.1) is 0 Å². The highest BCUT2D eigenvalue weighted by Crippen LogP contribution is 2.21. The number of amides is 2. The molecule has 142 valence electrons. The van der Waals surface area contributed by atoms with E-state index in [0.717, 1.165) is 23.5 Å². The maximum absolute atomic E-state index is 12.6. The molecule has 1 fully saturated rings. The van der Waals surface area contributed by atoms with Crippen LogP contribution < -0.4 is 4.74 Å². The molecular weight excluding hydrogens is 344 g/mol. The molecular formula is C21H24N2O4. The van der Waals surface area contributed by atoms with Gasteiger partial charge in [-0.3, -0.25) is 4.79 Å². The number of rotatable bonds is 4. The lowest BCUT2D eigenvalue weighted by Crippen LogP contribution is -2.37. The maximum Gasteiger partial charge on any atom is 0.409 e. The summed E-state index contributed by atoms with van der Waals surface area (Å²) in [7, 11) is 1.38. The Kier molecular flexibility index (Phi) is 6.30. The Hall–Kier alpha value is -3.02. The van der Waals surface area contributed by atoms with E-state index < -0.39 is 0 Å². The number of carbonyl (C=O) groups excluding carboxylic acids is 2. The molecule has 0 unspecified atom stereocenters. The lowest BCUT2D eigenvalue weighted by Gasteiger charge is -2.21. The van der Waals surface area contributed by atoms with Gasteiger partial charge in [0.1, 0.15) is 11.5 Å². The standard InChI is InChI=1S/C21H24N2O4/c1-26-21(25)23-13-5-12-22(14-15-23)20(24)16-17-8-10-19(11-9-17)27-18-6-3-2-4-7-18/h2-4,6-11H,5,12-16H2,1H3. The Balaban J connectivity index is 1.54. The molecule has 0 aliphatic carbocycles. The summed E-state index contributed by atoms with van der Waals surface area (Å²) >= 11 is 0. The lowest BCUT2D eigenvalue weighted by atomic mass is 10.1. The van der Waals surface area contributed by atoms with Gasteiger partial charge in [0.2, 0.25) is 5.91 Å². The van der Waals surface area contributed by atoms with Crippen LogP contribution in [0.3, 0.4) is 0 Å². The van der Waals surface area contributed by atoms with Crippen molar-refractivity contribution in [3.8, 4) is 11.5 Å². The number of para-hydroxylation sites is 1. The van der Waals surface area contributed by atoms with Crippen molar-refractivity contribution >= 4 is 12.0 Å². The van der Waals surface area contributed by atoms with Crippen LogP contribution >= 0.6 is 0 Å². The number of benzene rings is 2. The van der Waals surface area contributed by atoms with Gasteiger partial charge < -0.3 is 19.3 Å². The summed E-state index contributed by atoms with van der Waals surface area (Å²) in [5.74, 6) is 1.58. The monoisotopic (exact) mass is 368 g/mol. The molecule has 6 heteroatoms. The highest BCUT2D eigenvalue weighted by atomic mass is 16.5. The fraction of sp³-hybridized carbons (Fsp3) is 0.333. The molecule has 0 saturated carbocycles. The average Bonchev–Trinajstić information content (AvgIpc) is 2.96. The summed E-state index contributed by atoms with van der Waals surface area (Å²) in [5.41, 5.74) is 0.939. The van der Waals surface area contributed by atoms with E-state index in [1.807, 2.05) is 59.5 Å². The molecule has 0 aromatic heterocycles. The van der Waals surface area contributed by atoms with Crippen LogP contribution in [0.5, 0.6) is 11.5 Å². The molecule has 1 aliphatic heterocycles. The fourth-order valence-corrected chi connectivity index (χ4v) is 3.06. The Morgan fingerprint density at radius 2 is 1.48 bits per heavy atom. The van der Waals surface area contributed by atoms with E-state index in [1.54, 1.807) is 4.90 Å². The zero-order valence-corrected chi connectivity index (χ0v) is 15.5. The molecule has 2 aromatic carbocycles. The van der Waals surface area contributed by atoms with Gasteiger partial charge in [0.05, 0.1) is 13.5 Å². The van der Waals surface area contributed by atoms with E-state index in [2.05, 4.69) is 0 Å². The van der Waals surface area contributed by atoms with Crippen LogP contribution in [0.2, 0.25) is 0 Å². The first kappa shape index (κ1) is 18.8. The number of ether oxygens (including phenoxy) is 2. The third kappa shape index (κ3) is 5.23. The fourth-order valence-electron chi connectivity index (χ4n) is 3.06. The van der Waals surface area contributed by atoms with E-state index in [1.165, 1.54) is 7.11 Å². The molecule has 1 heterocycles. The third-order valence-corrected chi connectivity index (χ3v) is 4.54. The molecule has 0 N–H and O–H groups in total. The summed E-state index contributed by atoms with van der Waals surface area (Å²) < 4.78 is 10.5. The van der Waals surface area contributed by atoms with Gasteiger partial charge in [0, 0.05) is 26.2 Å². The molecule has 2 aromatic rings. The average molecular weight is 368 g/mol. The molecule has 3 rings (SSSR count). The highest BCUT2D eigenvalue weighted by molar-refractivity contribution is 5.79. The van der Waals surface area contributed by atoms with Crippen molar-refractivity contribution in [1.29, 1.82) is 0 Å². The Bertz CT molecular complexity index is 762. The summed E-state index contributed by atoms with van der Waals surface area (Å²) in [6.07, 6.45) is 0.757. The van der Waals surface area contributed by atoms with Crippen LogP contribution in [0.4, 0.5) is 4.79 Å². The van der Waals surface area contributed by atoms with Crippen molar-refractivity contribution in [1.82, 2.24) is 9.80 Å². The minimum atomic E-state index is -0.335. The first-order valence-electron chi connectivity index (χ1n) is 9.08. The van der Waals surface area contributed by atoms with Crippen molar-refractivity contribution in [2.24, 2.45) is 0 Å². The van der Waals surface area contributed by atoms with E-state index in [4.69, 9.17) is 9.47 Å². The molecule has 0 spiro atoms. The van der Waals surface area contributed by atoms with Gasteiger partial charge in [-0.05, 0) is 36.2 Å². The van der Waals surface area contributed by atoms with E-state index >= 15 is 0 Å².